The normalized spacial score (nSPS) is 18.5. The Morgan fingerprint density at radius 2 is 1.82 bits per heavy atom. The van der Waals surface area contributed by atoms with E-state index in [1.807, 2.05) is 6.07 Å². The van der Waals surface area contributed by atoms with Gasteiger partial charge in [-0.2, -0.15) is 0 Å². The first-order chi connectivity index (χ1) is 8.16. The van der Waals surface area contributed by atoms with E-state index in [-0.39, 0.29) is 6.29 Å². The third-order valence-corrected chi connectivity index (χ3v) is 3.24. The molecule has 1 aromatic rings. The standard InChI is InChI=1S/C14H20O3/c1-10-4-3-5-11(2)13(10)8-12(15)9-14-16-6-7-17-14/h3-5,12,14-15H,6-9H2,1-2H3. The van der Waals surface area contributed by atoms with E-state index in [1.165, 1.54) is 16.7 Å². The molecular weight excluding hydrogens is 216 g/mol. The summed E-state index contributed by atoms with van der Waals surface area (Å²) in [5.74, 6) is 0. The van der Waals surface area contributed by atoms with Crippen LogP contribution in [0.15, 0.2) is 18.2 Å². The summed E-state index contributed by atoms with van der Waals surface area (Å²) in [4.78, 5) is 0. The first kappa shape index (κ1) is 12.6. The van der Waals surface area contributed by atoms with Crippen LogP contribution in [0.4, 0.5) is 0 Å². The Bertz CT molecular complexity index is 349. The molecular formula is C14H20O3. The van der Waals surface area contributed by atoms with Crippen molar-refractivity contribution in [3.8, 4) is 0 Å². The van der Waals surface area contributed by atoms with Crippen LogP contribution in [0.25, 0.3) is 0 Å². The fourth-order valence-electron chi connectivity index (χ4n) is 2.26. The Hall–Kier alpha value is -0.900. The molecule has 2 rings (SSSR count). The smallest absolute Gasteiger partial charge is 0.160 e. The van der Waals surface area contributed by atoms with Crippen LogP contribution in [-0.4, -0.2) is 30.7 Å². The van der Waals surface area contributed by atoms with Crippen LogP contribution < -0.4 is 0 Å². The molecule has 1 atom stereocenters. The number of hydrogen-bond donors (Lipinski definition) is 1. The molecule has 0 saturated carbocycles. The van der Waals surface area contributed by atoms with Crippen molar-refractivity contribution >= 4 is 0 Å². The maximum absolute atomic E-state index is 10.1. The molecule has 0 aliphatic carbocycles. The summed E-state index contributed by atoms with van der Waals surface area (Å²) in [6, 6.07) is 6.21. The minimum Gasteiger partial charge on any atom is -0.393 e. The Labute approximate surface area is 102 Å². The van der Waals surface area contributed by atoms with E-state index < -0.39 is 6.10 Å². The van der Waals surface area contributed by atoms with Crippen molar-refractivity contribution in [3.05, 3.63) is 34.9 Å². The summed E-state index contributed by atoms with van der Waals surface area (Å²) in [5, 5.41) is 10.1. The summed E-state index contributed by atoms with van der Waals surface area (Å²) in [5.41, 5.74) is 3.70. The summed E-state index contributed by atoms with van der Waals surface area (Å²) >= 11 is 0. The fourth-order valence-corrected chi connectivity index (χ4v) is 2.26. The lowest BCUT2D eigenvalue weighted by Crippen LogP contribution is -2.21. The van der Waals surface area contributed by atoms with E-state index in [0.29, 0.717) is 26.1 Å². The summed E-state index contributed by atoms with van der Waals surface area (Å²) < 4.78 is 10.7. The number of benzene rings is 1. The van der Waals surface area contributed by atoms with Crippen molar-refractivity contribution in [2.24, 2.45) is 0 Å². The van der Waals surface area contributed by atoms with Crippen molar-refractivity contribution in [2.45, 2.75) is 39.1 Å². The number of hydrogen-bond acceptors (Lipinski definition) is 3. The average Bonchev–Trinajstić information content (AvgIpc) is 2.76. The molecule has 94 valence electrons. The molecule has 1 N–H and O–H groups in total. The van der Waals surface area contributed by atoms with Crippen LogP contribution in [0, 0.1) is 13.8 Å². The van der Waals surface area contributed by atoms with Gasteiger partial charge < -0.3 is 14.6 Å². The van der Waals surface area contributed by atoms with Crippen molar-refractivity contribution in [3.63, 3.8) is 0 Å². The van der Waals surface area contributed by atoms with Gasteiger partial charge in [-0.3, -0.25) is 0 Å². The van der Waals surface area contributed by atoms with Crippen LogP contribution in [0.3, 0.4) is 0 Å². The summed E-state index contributed by atoms with van der Waals surface area (Å²) in [6.07, 6.45) is 0.586. The second-order valence-electron chi connectivity index (χ2n) is 4.64. The second kappa shape index (κ2) is 5.63. The van der Waals surface area contributed by atoms with Crippen molar-refractivity contribution in [1.82, 2.24) is 0 Å². The van der Waals surface area contributed by atoms with Crippen molar-refractivity contribution in [2.75, 3.05) is 13.2 Å². The fraction of sp³-hybridized carbons (Fsp3) is 0.571. The van der Waals surface area contributed by atoms with Crippen LogP contribution in [0.2, 0.25) is 0 Å². The first-order valence-electron chi connectivity index (χ1n) is 6.13. The van der Waals surface area contributed by atoms with E-state index in [1.54, 1.807) is 0 Å². The third-order valence-electron chi connectivity index (χ3n) is 3.24. The minimum absolute atomic E-state index is 0.227. The number of ether oxygens (including phenoxy) is 2. The van der Waals surface area contributed by atoms with Gasteiger partial charge in [0, 0.05) is 6.42 Å². The average molecular weight is 236 g/mol. The van der Waals surface area contributed by atoms with Gasteiger partial charge in [-0.1, -0.05) is 18.2 Å². The highest BCUT2D eigenvalue weighted by Crippen LogP contribution is 2.18. The van der Waals surface area contributed by atoms with Gasteiger partial charge in [0.25, 0.3) is 0 Å². The Morgan fingerprint density at radius 1 is 1.24 bits per heavy atom. The third kappa shape index (κ3) is 3.28. The number of aryl methyl sites for hydroxylation is 2. The Balaban J connectivity index is 1.95. The lowest BCUT2D eigenvalue weighted by atomic mass is 9.96. The molecule has 1 saturated heterocycles. The van der Waals surface area contributed by atoms with E-state index in [2.05, 4.69) is 26.0 Å². The monoisotopic (exact) mass is 236 g/mol. The molecule has 1 aliphatic rings. The zero-order chi connectivity index (χ0) is 12.3. The first-order valence-corrected chi connectivity index (χ1v) is 6.13. The zero-order valence-electron chi connectivity index (χ0n) is 10.5. The largest absolute Gasteiger partial charge is 0.393 e. The highest BCUT2D eigenvalue weighted by Gasteiger charge is 2.20. The van der Waals surface area contributed by atoms with Gasteiger partial charge in [-0.05, 0) is 37.0 Å². The molecule has 3 nitrogen and oxygen atoms in total. The minimum atomic E-state index is -0.405. The molecule has 0 spiro atoms. The number of aliphatic hydroxyl groups is 1. The van der Waals surface area contributed by atoms with Crippen LogP contribution in [0.1, 0.15) is 23.1 Å². The van der Waals surface area contributed by atoms with Crippen LogP contribution in [0.5, 0.6) is 0 Å². The molecule has 0 aromatic heterocycles. The number of aliphatic hydroxyl groups excluding tert-OH is 1. The van der Waals surface area contributed by atoms with Crippen LogP contribution in [-0.2, 0) is 15.9 Å². The predicted octanol–water partition coefficient (Wildman–Crippen LogP) is 1.97. The molecule has 17 heavy (non-hydrogen) atoms. The van der Waals surface area contributed by atoms with Crippen molar-refractivity contribution < 1.29 is 14.6 Å². The quantitative estimate of drug-likeness (QED) is 0.868. The SMILES string of the molecule is Cc1cccc(C)c1CC(O)CC1OCCO1. The van der Waals surface area contributed by atoms with Gasteiger partial charge in [0.05, 0.1) is 19.3 Å². The van der Waals surface area contributed by atoms with Crippen LogP contribution >= 0.6 is 0 Å². The molecule has 1 unspecified atom stereocenters. The van der Waals surface area contributed by atoms with Gasteiger partial charge in [-0.15, -0.1) is 0 Å². The lowest BCUT2D eigenvalue weighted by Gasteiger charge is -2.17. The summed E-state index contributed by atoms with van der Waals surface area (Å²) in [7, 11) is 0. The van der Waals surface area contributed by atoms with Gasteiger partial charge >= 0.3 is 0 Å². The molecule has 0 amide bonds. The number of rotatable bonds is 4. The Kier molecular flexibility index (Phi) is 4.15. The van der Waals surface area contributed by atoms with Gasteiger partial charge in [0.15, 0.2) is 6.29 Å². The van der Waals surface area contributed by atoms with E-state index in [9.17, 15) is 5.11 Å². The zero-order valence-corrected chi connectivity index (χ0v) is 10.5. The predicted molar refractivity (Wildman–Crippen MR) is 65.9 cm³/mol. The van der Waals surface area contributed by atoms with Crippen molar-refractivity contribution in [1.29, 1.82) is 0 Å². The summed E-state index contributed by atoms with van der Waals surface area (Å²) in [6.45, 7) is 5.44. The highest BCUT2D eigenvalue weighted by atomic mass is 16.7. The highest BCUT2D eigenvalue weighted by molar-refractivity contribution is 5.33. The molecule has 0 bridgehead atoms. The molecule has 3 heteroatoms. The maximum Gasteiger partial charge on any atom is 0.160 e. The van der Waals surface area contributed by atoms with Gasteiger partial charge in [0.2, 0.25) is 0 Å². The molecule has 0 radical (unpaired) electrons. The molecule has 1 fully saturated rings. The van der Waals surface area contributed by atoms with Gasteiger partial charge in [0.1, 0.15) is 0 Å². The maximum atomic E-state index is 10.1. The molecule has 1 aromatic carbocycles. The van der Waals surface area contributed by atoms with E-state index >= 15 is 0 Å². The topological polar surface area (TPSA) is 38.7 Å². The molecule has 1 aliphatic heterocycles. The second-order valence-corrected chi connectivity index (χ2v) is 4.64. The Morgan fingerprint density at radius 3 is 2.41 bits per heavy atom. The van der Waals surface area contributed by atoms with E-state index in [0.717, 1.165) is 0 Å². The van der Waals surface area contributed by atoms with Gasteiger partial charge in [-0.25, -0.2) is 0 Å². The lowest BCUT2D eigenvalue weighted by molar-refractivity contribution is -0.0698. The van der Waals surface area contributed by atoms with E-state index in [4.69, 9.17) is 9.47 Å². The molecule has 1 heterocycles.